The lowest BCUT2D eigenvalue weighted by molar-refractivity contribution is 0.569. The van der Waals surface area contributed by atoms with Crippen molar-refractivity contribution < 1.29 is 8.42 Å². The van der Waals surface area contributed by atoms with E-state index in [2.05, 4.69) is 32.9 Å². The van der Waals surface area contributed by atoms with Crippen molar-refractivity contribution in [1.82, 2.24) is 10.0 Å². The Kier molecular flexibility index (Phi) is 6.26. The van der Waals surface area contributed by atoms with Gasteiger partial charge in [-0.1, -0.05) is 6.92 Å². The molecule has 7 heteroatoms. The van der Waals surface area contributed by atoms with Crippen molar-refractivity contribution in [3.63, 3.8) is 0 Å². The van der Waals surface area contributed by atoms with E-state index >= 15 is 0 Å². The van der Waals surface area contributed by atoms with Crippen LogP contribution in [-0.4, -0.2) is 21.0 Å². The molecule has 18 heavy (non-hydrogen) atoms. The van der Waals surface area contributed by atoms with Crippen LogP contribution < -0.4 is 10.0 Å². The minimum absolute atomic E-state index is 0.108. The number of thiophene rings is 1. The molecule has 0 fully saturated rings. The second kappa shape index (κ2) is 7.00. The molecule has 0 amide bonds. The largest absolute Gasteiger partial charge is 0.312 e. The van der Waals surface area contributed by atoms with Crippen LogP contribution in [0.5, 0.6) is 0 Å². The highest BCUT2D eigenvalue weighted by Crippen LogP contribution is 2.31. The maximum Gasteiger partial charge on any atom is 0.242 e. The lowest BCUT2D eigenvalue weighted by atomic mass is 10.4. The predicted octanol–water partition coefficient (Wildman–Crippen LogP) is 2.70. The molecule has 0 aliphatic rings. The lowest BCUT2D eigenvalue weighted by Crippen LogP contribution is -2.30. The summed E-state index contributed by atoms with van der Waals surface area (Å²) in [6, 6.07) is 1.62. The van der Waals surface area contributed by atoms with Gasteiger partial charge in [0.1, 0.15) is 4.90 Å². The summed E-state index contributed by atoms with van der Waals surface area (Å²) in [6.45, 7) is 7.35. The van der Waals surface area contributed by atoms with Crippen molar-refractivity contribution in [2.24, 2.45) is 0 Å². The molecule has 1 aromatic heterocycles. The summed E-state index contributed by atoms with van der Waals surface area (Å²) < 4.78 is 27.3. The van der Waals surface area contributed by atoms with Gasteiger partial charge in [0.25, 0.3) is 0 Å². The average molecular weight is 355 g/mol. The minimum atomic E-state index is -3.41. The van der Waals surface area contributed by atoms with Crippen LogP contribution in [0, 0.1) is 0 Å². The molecule has 0 aliphatic carbocycles. The second-order valence-corrected chi connectivity index (χ2v) is 8.44. The van der Waals surface area contributed by atoms with E-state index in [9.17, 15) is 8.42 Å². The smallest absolute Gasteiger partial charge is 0.242 e. The van der Waals surface area contributed by atoms with Crippen LogP contribution in [0.1, 0.15) is 32.1 Å². The summed E-state index contributed by atoms with van der Waals surface area (Å²) in [5.41, 5.74) is 0. The Labute approximate surface area is 121 Å². The Bertz CT molecular complexity index is 483. The summed E-state index contributed by atoms with van der Waals surface area (Å²) >= 11 is 4.78. The van der Waals surface area contributed by atoms with E-state index in [4.69, 9.17) is 0 Å². The first-order chi connectivity index (χ1) is 8.36. The number of sulfonamides is 1. The molecule has 0 bridgehead atoms. The zero-order chi connectivity index (χ0) is 13.8. The number of halogens is 1. The molecule has 0 aliphatic heterocycles. The van der Waals surface area contributed by atoms with Crippen LogP contribution in [0.3, 0.4) is 0 Å². The van der Waals surface area contributed by atoms with Crippen molar-refractivity contribution >= 4 is 37.3 Å². The molecular weight excluding hydrogens is 336 g/mol. The molecule has 0 saturated heterocycles. The highest BCUT2D eigenvalue weighted by molar-refractivity contribution is 9.11. The summed E-state index contributed by atoms with van der Waals surface area (Å²) in [5.74, 6) is 0. The third-order valence-corrected chi connectivity index (χ3v) is 6.02. The predicted molar refractivity (Wildman–Crippen MR) is 79.5 cm³/mol. The van der Waals surface area contributed by atoms with Gasteiger partial charge in [-0.25, -0.2) is 13.1 Å². The quantitative estimate of drug-likeness (QED) is 0.740. The standard InChI is InChI=1S/C11H19BrN2O2S2/c1-4-5-13-7-9-6-10(11(12)17-9)18(15,16)14-8(2)3/h6,8,13-14H,4-5,7H2,1-3H3. The third kappa shape index (κ3) is 4.62. The average Bonchev–Trinajstić information content (AvgIpc) is 2.59. The molecule has 0 atom stereocenters. The molecule has 4 nitrogen and oxygen atoms in total. The first-order valence-corrected chi connectivity index (χ1v) is 8.97. The van der Waals surface area contributed by atoms with E-state index in [0.29, 0.717) is 15.2 Å². The number of nitrogens with one attached hydrogen (secondary N) is 2. The molecule has 1 rings (SSSR count). The molecule has 0 saturated carbocycles. The molecule has 0 radical (unpaired) electrons. The lowest BCUT2D eigenvalue weighted by Gasteiger charge is -2.08. The van der Waals surface area contributed by atoms with E-state index < -0.39 is 10.0 Å². The number of rotatable bonds is 7. The van der Waals surface area contributed by atoms with Crippen molar-refractivity contribution in [2.75, 3.05) is 6.54 Å². The number of hydrogen-bond acceptors (Lipinski definition) is 4. The highest BCUT2D eigenvalue weighted by Gasteiger charge is 2.21. The van der Waals surface area contributed by atoms with Crippen molar-refractivity contribution in [2.45, 2.75) is 44.7 Å². The summed E-state index contributed by atoms with van der Waals surface area (Å²) in [7, 11) is -3.41. The zero-order valence-corrected chi connectivity index (χ0v) is 14.0. The van der Waals surface area contributed by atoms with Gasteiger partial charge in [-0.15, -0.1) is 11.3 Å². The van der Waals surface area contributed by atoms with Gasteiger partial charge in [0, 0.05) is 17.5 Å². The number of hydrogen-bond donors (Lipinski definition) is 2. The molecule has 1 heterocycles. The van der Waals surface area contributed by atoms with Gasteiger partial charge in [-0.2, -0.15) is 0 Å². The van der Waals surface area contributed by atoms with Crippen molar-refractivity contribution in [3.8, 4) is 0 Å². The van der Waals surface area contributed by atoms with Gasteiger partial charge in [-0.05, 0) is 48.8 Å². The van der Waals surface area contributed by atoms with Gasteiger partial charge >= 0.3 is 0 Å². The van der Waals surface area contributed by atoms with E-state index in [1.165, 1.54) is 11.3 Å². The first-order valence-electron chi connectivity index (χ1n) is 5.88. The fourth-order valence-electron chi connectivity index (χ4n) is 1.43. The molecule has 0 unspecified atom stereocenters. The van der Waals surface area contributed by atoms with Gasteiger partial charge in [0.2, 0.25) is 10.0 Å². The van der Waals surface area contributed by atoms with Gasteiger partial charge in [0.05, 0.1) is 3.79 Å². The van der Waals surface area contributed by atoms with Gasteiger partial charge in [0.15, 0.2) is 0 Å². The SMILES string of the molecule is CCCNCc1cc(S(=O)(=O)NC(C)C)c(Br)s1. The Morgan fingerprint density at radius 2 is 2.11 bits per heavy atom. The Morgan fingerprint density at radius 3 is 2.67 bits per heavy atom. The Balaban J connectivity index is 2.84. The summed E-state index contributed by atoms with van der Waals surface area (Å²) in [5, 5.41) is 3.26. The summed E-state index contributed by atoms with van der Waals surface area (Å²) in [4.78, 5) is 1.34. The molecular formula is C11H19BrN2O2S2. The summed E-state index contributed by atoms with van der Waals surface area (Å²) in [6.07, 6.45) is 1.06. The molecule has 104 valence electrons. The topological polar surface area (TPSA) is 58.2 Å². The second-order valence-electron chi connectivity index (χ2n) is 4.30. The van der Waals surface area contributed by atoms with Gasteiger partial charge < -0.3 is 5.32 Å². The van der Waals surface area contributed by atoms with Crippen LogP contribution in [0.25, 0.3) is 0 Å². The maximum atomic E-state index is 12.1. The third-order valence-electron chi connectivity index (χ3n) is 2.11. The molecule has 2 N–H and O–H groups in total. The highest BCUT2D eigenvalue weighted by atomic mass is 79.9. The van der Waals surface area contributed by atoms with Crippen LogP contribution >= 0.6 is 27.3 Å². The van der Waals surface area contributed by atoms with E-state index in [1.807, 2.05) is 13.8 Å². The van der Waals surface area contributed by atoms with Crippen LogP contribution in [0.2, 0.25) is 0 Å². The molecule has 0 spiro atoms. The molecule has 1 aromatic rings. The van der Waals surface area contributed by atoms with E-state index in [-0.39, 0.29) is 6.04 Å². The van der Waals surface area contributed by atoms with Crippen LogP contribution in [0.15, 0.2) is 14.7 Å². The Morgan fingerprint density at radius 1 is 1.44 bits per heavy atom. The molecule has 0 aromatic carbocycles. The minimum Gasteiger partial charge on any atom is -0.312 e. The van der Waals surface area contributed by atoms with Crippen molar-refractivity contribution in [3.05, 3.63) is 14.7 Å². The zero-order valence-electron chi connectivity index (χ0n) is 10.8. The van der Waals surface area contributed by atoms with Crippen LogP contribution in [-0.2, 0) is 16.6 Å². The fraction of sp³-hybridized carbons (Fsp3) is 0.636. The van der Waals surface area contributed by atoms with E-state index in [0.717, 1.165) is 17.8 Å². The van der Waals surface area contributed by atoms with E-state index in [1.54, 1.807) is 6.07 Å². The Hall–Kier alpha value is 0.0500. The monoisotopic (exact) mass is 354 g/mol. The van der Waals surface area contributed by atoms with Crippen molar-refractivity contribution in [1.29, 1.82) is 0 Å². The maximum absolute atomic E-state index is 12.1. The normalized spacial score (nSPS) is 12.3. The fourth-order valence-corrected chi connectivity index (χ4v) is 5.33. The van der Waals surface area contributed by atoms with Crippen LogP contribution in [0.4, 0.5) is 0 Å². The first kappa shape index (κ1) is 16.1. The van der Waals surface area contributed by atoms with Gasteiger partial charge in [-0.3, -0.25) is 0 Å².